The molecule has 118 heavy (non-hydrogen) atoms. The Hall–Kier alpha value is -8.86. The molecule has 0 amide bonds. The molecule has 0 aromatic heterocycles. The van der Waals surface area contributed by atoms with Crippen molar-refractivity contribution < 1.29 is 18.3 Å². The van der Waals surface area contributed by atoms with Crippen molar-refractivity contribution >= 4 is 179 Å². The maximum atomic E-state index is 15.6. The molecule has 0 radical (unpaired) electrons. The number of hydrogen-bond acceptors (Lipinski definition) is 5. The zero-order valence-corrected chi connectivity index (χ0v) is 76.4. The van der Waals surface area contributed by atoms with Crippen LogP contribution in [-0.2, 0) is 42.7 Å². The van der Waals surface area contributed by atoms with E-state index in [1.165, 1.54) is 78.9 Å². The molecule has 5 aliphatic rings. The fourth-order valence-corrected chi connectivity index (χ4v) is 20.9. The molecule has 3 heterocycles. The highest BCUT2D eigenvalue weighted by atomic mass is 79.9. The van der Waals surface area contributed by atoms with Gasteiger partial charge < -0.3 is 24.2 Å². The lowest BCUT2D eigenvalue weighted by Gasteiger charge is -2.35. The molecule has 2 atom stereocenters. The average Bonchev–Trinajstić information content (AvgIpc) is 1.82. The monoisotopic (exact) mass is 1930 g/mol. The van der Waals surface area contributed by atoms with Gasteiger partial charge >= 0.3 is 0 Å². The van der Waals surface area contributed by atoms with Gasteiger partial charge in [0, 0.05) is 77.1 Å². The van der Waals surface area contributed by atoms with E-state index in [1.54, 1.807) is 27.7 Å². The quantitative estimate of drug-likeness (QED) is 0.122. The van der Waals surface area contributed by atoms with Crippen LogP contribution in [0.3, 0.4) is 0 Å². The Kier molecular flexibility index (Phi) is 21.1. The van der Waals surface area contributed by atoms with Crippen molar-refractivity contribution in [2.24, 2.45) is 0 Å². The Labute approximate surface area is 741 Å². The van der Waals surface area contributed by atoms with Crippen LogP contribution >= 0.6 is 95.6 Å². The molecule has 13 heteroatoms. The molecule has 1 saturated heterocycles. The molecule has 15 aromatic carbocycles. The third-order valence-electron chi connectivity index (χ3n) is 25.4. The molecule has 1 spiro atoms. The Morgan fingerprint density at radius 3 is 0.898 bits per heavy atom. The van der Waals surface area contributed by atoms with Crippen molar-refractivity contribution in [3.05, 3.63) is 370 Å². The number of nitrogens with zero attached hydrogens (tertiary/aromatic N) is 3. The second kappa shape index (κ2) is 31.0. The molecule has 20 rings (SSSR count). The first-order valence-corrected chi connectivity index (χ1v) is 45.1. The maximum Gasteiger partial charge on any atom is 0.266 e. The Morgan fingerprint density at radius 1 is 0.263 bits per heavy atom. The summed E-state index contributed by atoms with van der Waals surface area (Å²) in [5, 5.41) is 7.05. The minimum absolute atomic E-state index is 0.105. The van der Waals surface area contributed by atoms with E-state index >= 15 is 8.78 Å². The van der Waals surface area contributed by atoms with E-state index in [2.05, 4.69) is 399 Å². The minimum Gasteiger partial charge on any atom is -0.360 e. The summed E-state index contributed by atoms with van der Waals surface area (Å²) in [5.74, 6) is -2.87. The molecular weight excluding hydrogens is 1850 g/mol. The van der Waals surface area contributed by atoms with E-state index in [0.717, 1.165) is 131 Å². The summed E-state index contributed by atoms with van der Waals surface area (Å²) in [6.45, 7) is 15.6. The van der Waals surface area contributed by atoms with Crippen LogP contribution in [0.1, 0.15) is 127 Å². The molecule has 2 bridgehead atoms. The summed E-state index contributed by atoms with van der Waals surface area (Å²) in [6.07, 6.45) is 6.89. The molecule has 590 valence electrons. The van der Waals surface area contributed by atoms with Gasteiger partial charge in [0.2, 0.25) is 0 Å². The number of anilines is 9. The maximum absolute atomic E-state index is 15.6. The molecule has 15 aromatic rings. The third kappa shape index (κ3) is 14.4. The van der Waals surface area contributed by atoms with Gasteiger partial charge in [-0.3, -0.25) is 0 Å². The Bertz CT molecular complexity index is 6240. The van der Waals surface area contributed by atoms with Gasteiger partial charge in [-0.1, -0.05) is 224 Å². The van der Waals surface area contributed by atoms with Gasteiger partial charge in [-0.15, -0.1) is 0 Å². The lowest BCUT2D eigenvalue weighted by molar-refractivity contribution is -0.122. The second-order valence-electron chi connectivity index (χ2n) is 34.0. The topological polar surface area (TPSA) is 28.2 Å². The number of halogens is 8. The van der Waals surface area contributed by atoms with Gasteiger partial charge in [-0.2, -0.15) is 0 Å². The highest BCUT2D eigenvalue weighted by Gasteiger charge is 2.65. The third-order valence-corrected chi connectivity index (χ3v) is 28.6. The van der Waals surface area contributed by atoms with Gasteiger partial charge in [0.25, 0.3) is 5.92 Å². The van der Waals surface area contributed by atoms with Gasteiger partial charge in [0.15, 0.2) is 0 Å². The van der Waals surface area contributed by atoms with Crippen molar-refractivity contribution in [3.63, 3.8) is 0 Å². The normalized spacial score (nSPS) is 18.3. The van der Waals surface area contributed by atoms with Crippen molar-refractivity contribution in [1.82, 2.24) is 0 Å². The summed E-state index contributed by atoms with van der Waals surface area (Å²) in [5.41, 5.74) is 20.2. The summed E-state index contributed by atoms with van der Waals surface area (Å²) < 4.78 is 50.9. The highest BCUT2D eigenvalue weighted by molar-refractivity contribution is 9.11. The predicted octanol–water partition coefficient (Wildman–Crippen LogP) is 34.0. The minimum atomic E-state index is -2.87. The molecule has 3 aliphatic heterocycles. The summed E-state index contributed by atoms with van der Waals surface area (Å²) in [7, 11) is 0. The van der Waals surface area contributed by atoms with Crippen LogP contribution in [0.5, 0.6) is 0 Å². The molecule has 2 fully saturated rings. The molecule has 2 unspecified atom stereocenters. The van der Waals surface area contributed by atoms with Gasteiger partial charge in [0.1, 0.15) is 0 Å². The van der Waals surface area contributed by atoms with Crippen LogP contribution in [0.25, 0.3) is 65.7 Å². The van der Waals surface area contributed by atoms with Crippen molar-refractivity contribution in [2.45, 2.75) is 133 Å². The van der Waals surface area contributed by atoms with E-state index in [-0.39, 0.29) is 22.4 Å². The van der Waals surface area contributed by atoms with E-state index in [4.69, 9.17) is 9.47 Å². The van der Waals surface area contributed by atoms with Crippen molar-refractivity contribution in [3.8, 4) is 33.4 Å². The largest absolute Gasteiger partial charge is 0.360 e. The Morgan fingerprint density at radius 2 is 0.551 bits per heavy atom. The fraction of sp³-hybridized carbons (Fsp3) is 0.200. The summed E-state index contributed by atoms with van der Waals surface area (Å²) in [6, 6.07) is 110. The first-order chi connectivity index (χ1) is 56.6. The van der Waals surface area contributed by atoms with E-state index in [0.29, 0.717) is 5.56 Å². The van der Waals surface area contributed by atoms with Crippen LogP contribution in [0.15, 0.2) is 336 Å². The zero-order chi connectivity index (χ0) is 82.0. The zero-order valence-electron chi connectivity index (χ0n) is 66.9. The molecule has 5 nitrogen and oxygen atoms in total. The Balaban J connectivity index is 0.000000122. The van der Waals surface area contributed by atoms with Crippen LogP contribution in [0, 0.1) is 0 Å². The predicted molar refractivity (Wildman–Crippen MR) is 509 cm³/mol. The van der Waals surface area contributed by atoms with E-state index in [1.807, 2.05) is 48.5 Å². The van der Waals surface area contributed by atoms with Crippen molar-refractivity contribution in [1.29, 1.82) is 0 Å². The number of hydrogen-bond donors (Lipinski definition) is 0. The number of fused-ring (bicyclic) bond motifs is 11. The van der Waals surface area contributed by atoms with Gasteiger partial charge in [0.05, 0.1) is 50.3 Å². The first kappa shape index (κ1) is 80.2. The number of benzene rings is 15. The van der Waals surface area contributed by atoms with Crippen molar-refractivity contribution in [2.75, 3.05) is 14.7 Å². The lowest BCUT2D eigenvalue weighted by Crippen LogP contribution is -2.46. The van der Waals surface area contributed by atoms with E-state index in [9.17, 15) is 0 Å². The highest BCUT2D eigenvalue weighted by Crippen LogP contribution is 2.62. The van der Waals surface area contributed by atoms with Gasteiger partial charge in [-0.05, 0) is 358 Å². The van der Waals surface area contributed by atoms with Crippen LogP contribution in [-0.4, -0.2) is 5.92 Å². The SMILES string of the molecule is CC1(C)OC2(CCCC2)c2ccc(-c3cc(N(c4ccc(Br)cc4)c4ccc(Br)cc4)c4ccccc4c3)cc21.CC1(C)c2ccc(-c3cc(N(c4ccc(Br)cc4)c4ccc(Br)cc4)c4ccccc4c3)cc2C(C)(C)C1(F)F.CC12CCC(C)(O1)c1cc(-c3cc(N(c4ccc(Br)cc4)c4ccc(Br)cc4)c4ccccc4c3)ccc12. The van der Waals surface area contributed by atoms with Crippen LogP contribution < -0.4 is 14.7 Å². The molecular formula is C105H87Br6F2N3O2. The van der Waals surface area contributed by atoms with Gasteiger partial charge in [-0.25, -0.2) is 8.78 Å². The lowest BCUT2D eigenvalue weighted by atomic mass is 9.77. The molecule has 2 aliphatic carbocycles. The van der Waals surface area contributed by atoms with Crippen LogP contribution in [0.4, 0.5) is 60.0 Å². The number of rotatable bonds is 12. The van der Waals surface area contributed by atoms with Crippen LogP contribution in [0.2, 0.25) is 0 Å². The number of ether oxygens (including phenoxy) is 2. The molecule has 0 N–H and O–H groups in total. The molecule has 1 saturated carbocycles. The average molecular weight is 1940 g/mol. The number of alkyl halides is 2. The van der Waals surface area contributed by atoms with E-state index < -0.39 is 16.8 Å². The second-order valence-corrected chi connectivity index (χ2v) is 39.5. The fourth-order valence-electron chi connectivity index (χ4n) is 19.3. The summed E-state index contributed by atoms with van der Waals surface area (Å²) in [4.78, 5) is 6.96. The summed E-state index contributed by atoms with van der Waals surface area (Å²) >= 11 is 21.6. The standard InChI is InChI=1S/C36H31Br2NO.C35H29Br2F2N.C34H27Br2NO/c1-35(2)33-22-24(9-18-32(33)36(40-35)19-5-6-20-36)26-21-25-7-3-4-8-31(25)34(23-26)39(29-14-10-27(37)11-15-29)30-16-12-28(38)13-17-30;1-33(2)30-18-9-22(20-31(30)34(3,4)35(33,38)39)24-19-23-7-5-6-8-29(23)32(21-24)40(27-14-10-25(36)11-15-27)28-16-12-26(37)13-17-28;1-33-17-18-34(2,38-33)31-20-22(7-16-30(31)33)24-19-23-5-3-4-6-29(23)32(21-24)37(27-12-8-25(35)9-13-27)28-14-10-26(36)11-15-28/h3-4,7-18,21-23H,5-6,19-20H2,1-2H3;5-21H,1-4H3;3-16,19-21H,17-18H2,1-2H3. The smallest absolute Gasteiger partial charge is 0.266 e. The first-order valence-electron chi connectivity index (χ1n) is 40.3.